The topological polar surface area (TPSA) is 74.4 Å². The molecule has 3 rings (SSSR count). The van der Waals surface area contributed by atoms with Crippen molar-refractivity contribution in [2.45, 2.75) is 45.7 Å². The minimum Gasteiger partial charge on any atom is -0.381 e. The van der Waals surface area contributed by atoms with Gasteiger partial charge in [-0.3, -0.25) is 4.79 Å². The van der Waals surface area contributed by atoms with E-state index in [0.717, 1.165) is 50.3 Å². The zero-order valence-electron chi connectivity index (χ0n) is 13.9. The highest BCUT2D eigenvalue weighted by Gasteiger charge is 2.34. The molecule has 1 saturated heterocycles. The molecule has 6 heteroatoms. The summed E-state index contributed by atoms with van der Waals surface area (Å²) in [5, 5.41) is 2.92. The van der Waals surface area contributed by atoms with Gasteiger partial charge in [-0.25, -0.2) is 4.79 Å². The van der Waals surface area contributed by atoms with Gasteiger partial charge in [-0.15, -0.1) is 0 Å². The summed E-state index contributed by atoms with van der Waals surface area (Å²) in [7, 11) is 0. The molecule has 1 aromatic rings. The molecule has 23 heavy (non-hydrogen) atoms. The second-order valence-electron chi connectivity index (χ2n) is 6.71. The van der Waals surface area contributed by atoms with E-state index in [1.54, 1.807) is 0 Å². The molecule has 1 saturated carbocycles. The van der Waals surface area contributed by atoms with Gasteiger partial charge in [0, 0.05) is 36.4 Å². The van der Waals surface area contributed by atoms with Gasteiger partial charge >= 0.3 is 6.03 Å². The molecule has 0 radical (unpaired) electrons. The van der Waals surface area contributed by atoms with Crippen molar-refractivity contribution >= 4 is 6.03 Å². The number of carbonyl (C=O) groups is 1. The lowest BCUT2D eigenvalue weighted by Gasteiger charge is -2.25. The first-order valence-electron chi connectivity index (χ1n) is 8.36. The van der Waals surface area contributed by atoms with Crippen molar-refractivity contribution in [3.8, 4) is 0 Å². The number of aromatic nitrogens is 1. The lowest BCUT2D eigenvalue weighted by molar-refractivity contribution is 0.162. The quantitative estimate of drug-likeness (QED) is 0.867. The minimum absolute atomic E-state index is 0.0706. The van der Waals surface area contributed by atoms with Crippen LogP contribution in [0.15, 0.2) is 10.9 Å². The third-order valence-corrected chi connectivity index (χ3v) is 4.64. The molecular weight excluding hydrogens is 294 g/mol. The van der Waals surface area contributed by atoms with Crippen molar-refractivity contribution in [3.63, 3.8) is 0 Å². The maximum atomic E-state index is 12.5. The molecule has 1 aliphatic carbocycles. The number of hydrogen-bond acceptors (Lipinski definition) is 3. The predicted octanol–water partition coefficient (Wildman–Crippen LogP) is 1.70. The second kappa shape index (κ2) is 6.74. The van der Waals surface area contributed by atoms with Crippen molar-refractivity contribution < 1.29 is 9.53 Å². The highest BCUT2D eigenvalue weighted by molar-refractivity contribution is 5.75. The Morgan fingerprint density at radius 2 is 2.17 bits per heavy atom. The molecule has 2 fully saturated rings. The summed E-state index contributed by atoms with van der Waals surface area (Å²) in [5.41, 5.74) is 2.26. The molecule has 0 aromatic carbocycles. The van der Waals surface area contributed by atoms with E-state index in [2.05, 4.69) is 10.3 Å². The average molecular weight is 319 g/mol. The Bertz CT molecular complexity index is 630. The molecule has 2 heterocycles. The molecule has 0 spiro atoms. The van der Waals surface area contributed by atoms with Crippen LogP contribution in [0.4, 0.5) is 4.79 Å². The van der Waals surface area contributed by atoms with E-state index in [1.807, 2.05) is 24.8 Å². The molecule has 1 aromatic heterocycles. The van der Waals surface area contributed by atoms with Crippen molar-refractivity contribution in [1.29, 1.82) is 0 Å². The highest BCUT2D eigenvalue weighted by Crippen LogP contribution is 2.29. The maximum absolute atomic E-state index is 12.5. The Balaban J connectivity index is 1.62. The van der Waals surface area contributed by atoms with Crippen molar-refractivity contribution in [3.05, 3.63) is 33.2 Å². The van der Waals surface area contributed by atoms with Gasteiger partial charge in [0.2, 0.25) is 0 Å². The number of H-pyrrole nitrogens is 1. The van der Waals surface area contributed by atoms with Gasteiger partial charge in [-0.2, -0.15) is 0 Å². The number of carbonyl (C=O) groups excluding carboxylic acids is 1. The number of amides is 2. The Labute approximate surface area is 136 Å². The lowest BCUT2D eigenvalue weighted by Crippen LogP contribution is -2.44. The van der Waals surface area contributed by atoms with Crippen LogP contribution in [0.3, 0.4) is 0 Å². The van der Waals surface area contributed by atoms with Crippen LogP contribution in [0.25, 0.3) is 0 Å². The zero-order chi connectivity index (χ0) is 16.4. The van der Waals surface area contributed by atoms with Crippen LogP contribution in [0.2, 0.25) is 0 Å². The van der Waals surface area contributed by atoms with Crippen LogP contribution in [0.1, 0.15) is 36.1 Å². The monoisotopic (exact) mass is 319 g/mol. The number of hydrogen-bond donors (Lipinski definition) is 2. The highest BCUT2D eigenvalue weighted by atomic mass is 16.5. The number of urea groups is 1. The number of pyridine rings is 1. The van der Waals surface area contributed by atoms with E-state index in [4.69, 9.17) is 4.74 Å². The van der Waals surface area contributed by atoms with Gasteiger partial charge in [0.25, 0.3) is 5.56 Å². The van der Waals surface area contributed by atoms with Crippen LogP contribution in [0.5, 0.6) is 0 Å². The predicted molar refractivity (Wildman–Crippen MR) is 87.4 cm³/mol. The van der Waals surface area contributed by atoms with E-state index in [-0.39, 0.29) is 18.1 Å². The number of rotatable bonds is 5. The van der Waals surface area contributed by atoms with Crippen LogP contribution >= 0.6 is 0 Å². The molecule has 2 N–H and O–H groups in total. The van der Waals surface area contributed by atoms with Crippen LogP contribution in [-0.2, 0) is 11.3 Å². The number of aromatic amines is 1. The van der Waals surface area contributed by atoms with Gasteiger partial charge in [-0.05, 0) is 44.7 Å². The van der Waals surface area contributed by atoms with Gasteiger partial charge < -0.3 is 19.9 Å². The fraction of sp³-hybridized carbons (Fsp3) is 0.647. The Morgan fingerprint density at radius 1 is 1.39 bits per heavy atom. The summed E-state index contributed by atoms with van der Waals surface area (Å²) < 4.78 is 5.41. The Morgan fingerprint density at radius 3 is 2.78 bits per heavy atom. The summed E-state index contributed by atoms with van der Waals surface area (Å²) in [4.78, 5) is 29.3. The molecule has 2 amide bonds. The number of nitrogens with zero attached hydrogens (tertiary/aromatic N) is 1. The SMILES string of the molecule is Cc1cc(C)c(CNC(=O)N(C[C@H]2CCOC2)C2CC2)c(=O)[nH]1. The van der Waals surface area contributed by atoms with E-state index in [0.29, 0.717) is 17.5 Å². The fourth-order valence-corrected chi connectivity index (χ4v) is 3.16. The van der Waals surface area contributed by atoms with Crippen molar-refractivity contribution in [2.75, 3.05) is 19.8 Å². The second-order valence-corrected chi connectivity index (χ2v) is 6.71. The average Bonchev–Trinajstić information content (AvgIpc) is 3.19. The summed E-state index contributed by atoms with van der Waals surface area (Å²) in [6, 6.07) is 2.21. The summed E-state index contributed by atoms with van der Waals surface area (Å²) in [5.74, 6) is 0.436. The maximum Gasteiger partial charge on any atom is 0.317 e. The molecular formula is C17H25N3O3. The summed E-state index contributed by atoms with van der Waals surface area (Å²) in [6.45, 7) is 6.31. The number of nitrogens with one attached hydrogen (secondary N) is 2. The lowest BCUT2D eigenvalue weighted by atomic mass is 10.1. The van der Waals surface area contributed by atoms with Crippen LogP contribution in [-0.4, -0.2) is 41.7 Å². The van der Waals surface area contributed by atoms with E-state index in [1.165, 1.54) is 0 Å². The molecule has 126 valence electrons. The Kier molecular flexibility index (Phi) is 4.71. The third kappa shape index (κ3) is 3.93. The van der Waals surface area contributed by atoms with Crippen molar-refractivity contribution in [1.82, 2.24) is 15.2 Å². The zero-order valence-corrected chi connectivity index (χ0v) is 13.9. The molecule has 0 bridgehead atoms. The smallest absolute Gasteiger partial charge is 0.317 e. The number of ether oxygens (including phenoxy) is 1. The largest absolute Gasteiger partial charge is 0.381 e. The molecule has 1 aliphatic heterocycles. The van der Waals surface area contributed by atoms with Gasteiger partial charge in [0.15, 0.2) is 0 Å². The van der Waals surface area contributed by atoms with Gasteiger partial charge in [-0.1, -0.05) is 0 Å². The third-order valence-electron chi connectivity index (χ3n) is 4.64. The minimum atomic E-state index is -0.120. The molecule has 1 atom stereocenters. The summed E-state index contributed by atoms with van der Waals surface area (Å²) in [6.07, 6.45) is 3.17. The first kappa shape index (κ1) is 16.1. The normalized spacial score (nSPS) is 20.5. The van der Waals surface area contributed by atoms with Gasteiger partial charge in [0.1, 0.15) is 0 Å². The number of aryl methyl sites for hydroxylation is 2. The van der Waals surface area contributed by atoms with E-state index in [9.17, 15) is 9.59 Å². The first-order chi connectivity index (χ1) is 11.0. The van der Waals surface area contributed by atoms with Crippen molar-refractivity contribution in [2.24, 2.45) is 5.92 Å². The first-order valence-corrected chi connectivity index (χ1v) is 8.36. The molecule has 6 nitrogen and oxygen atoms in total. The van der Waals surface area contributed by atoms with Gasteiger partial charge in [0.05, 0.1) is 13.2 Å². The standard InChI is InChI=1S/C17H25N3O3/c1-11-7-12(2)19-16(21)15(11)8-18-17(22)20(14-3-4-14)9-13-5-6-23-10-13/h7,13-14H,3-6,8-10H2,1-2H3,(H,18,22)(H,19,21)/t13-/m1/s1. The van der Waals surface area contributed by atoms with E-state index >= 15 is 0 Å². The summed E-state index contributed by atoms with van der Waals surface area (Å²) >= 11 is 0. The van der Waals surface area contributed by atoms with Crippen LogP contribution in [0, 0.1) is 19.8 Å². The Hall–Kier alpha value is -1.82. The van der Waals surface area contributed by atoms with Crippen LogP contribution < -0.4 is 10.9 Å². The molecule has 0 unspecified atom stereocenters. The molecule has 2 aliphatic rings. The fourth-order valence-electron chi connectivity index (χ4n) is 3.16. The van der Waals surface area contributed by atoms with E-state index < -0.39 is 0 Å².